The van der Waals surface area contributed by atoms with Crippen LogP contribution in [-0.4, -0.2) is 30.4 Å². The molecule has 5 aromatic rings. The molecular weight excluding hydrogens is 466 g/mol. The van der Waals surface area contributed by atoms with Crippen LogP contribution < -0.4 is 15.0 Å². The van der Waals surface area contributed by atoms with Gasteiger partial charge in [-0.25, -0.2) is 0 Å². The fourth-order valence-electron chi connectivity index (χ4n) is 4.75. The molecule has 1 aliphatic heterocycles. The van der Waals surface area contributed by atoms with Crippen molar-refractivity contribution in [3.63, 3.8) is 0 Å². The number of benzene rings is 4. The van der Waals surface area contributed by atoms with Crippen molar-refractivity contribution < 1.29 is 18.9 Å². The number of hydrogen-bond donors (Lipinski definition) is 1. The summed E-state index contributed by atoms with van der Waals surface area (Å²) in [6.07, 6.45) is -0.909. The van der Waals surface area contributed by atoms with E-state index in [0.29, 0.717) is 48.8 Å². The molecule has 186 valence electrons. The number of nitrogens with one attached hydrogen (secondary N) is 1. The van der Waals surface area contributed by atoms with Gasteiger partial charge in [0.1, 0.15) is 11.5 Å². The molecular formula is C31H27NO5. The van der Waals surface area contributed by atoms with Crippen molar-refractivity contribution in [2.75, 3.05) is 13.2 Å². The average molecular weight is 494 g/mol. The topological polar surface area (TPSA) is 69.8 Å². The zero-order valence-electron chi connectivity index (χ0n) is 20.3. The van der Waals surface area contributed by atoms with Gasteiger partial charge in [-0.1, -0.05) is 72.8 Å². The number of aromatic nitrogens is 1. The van der Waals surface area contributed by atoms with Crippen LogP contribution in [0.2, 0.25) is 0 Å². The molecule has 6 rings (SSSR count). The van der Waals surface area contributed by atoms with Crippen LogP contribution in [0.25, 0.3) is 21.7 Å². The van der Waals surface area contributed by atoms with Crippen LogP contribution in [0.3, 0.4) is 0 Å². The predicted molar refractivity (Wildman–Crippen MR) is 143 cm³/mol. The van der Waals surface area contributed by atoms with Crippen molar-refractivity contribution in [1.82, 2.24) is 4.98 Å². The predicted octanol–water partition coefficient (Wildman–Crippen LogP) is 5.62. The Balaban J connectivity index is 1.34. The third-order valence-electron chi connectivity index (χ3n) is 6.55. The van der Waals surface area contributed by atoms with E-state index in [1.807, 2.05) is 91.0 Å². The SMILES string of the molecule is O=c1[nH]c2cccc3c2c2c(cccc12)O[C@H](COCc1ccccc1)[C@@H](COCc1ccccc1)O3. The molecule has 6 heteroatoms. The molecule has 6 nitrogen and oxygen atoms in total. The van der Waals surface area contributed by atoms with Crippen molar-refractivity contribution in [2.24, 2.45) is 0 Å². The normalized spacial score (nSPS) is 16.8. The van der Waals surface area contributed by atoms with Crippen molar-refractivity contribution in [2.45, 2.75) is 25.4 Å². The highest BCUT2D eigenvalue weighted by atomic mass is 16.6. The first-order chi connectivity index (χ1) is 18.3. The molecule has 0 fully saturated rings. The van der Waals surface area contributed by atoms with Crippen LogP contribution in [0.15, 0.2) is 102 Å². The molecule has 0 bridgehead atoms. The lowest BCUT2D eigenvalue weighted by atomic mass is 10.0. The molecule has 0 radical (unpaired) electrons. The molecule has 0 unspecified atom stereocenters. The highest BCUT2D eigenvalue weighted by Gasteiger charge is 2.30. The summed E-state index contributed by atoms with van der Waals surface area (Å²) in [6, 6.07) is 31.3. The van der Waals surface area contributed by atoms with E-state index < -0.39 is 12.2 Å². The highest BCUT2D eigenvalue weighted by Crippen LogP contribution is 2.39. The standard InChI is InChI=1S/C31H27NO5/c33-31-23-13-7-15-25-29(23)30-24(32-31)14-8-16-26(30)37-28(20-35-18-22-11-5-2-6-12-22)27(36-25)19-34-17-21-9-3-1-4-10-21/h1-16,27-28H,17-20H2,(H,32,33)/t27-,28-/m1/s1. The molecule has 0 amide bonds. The molecule has 37 heavy (non-hydrogen) atoms. The summed E-state index contributed by atoms with van der Waals surface area (Å²) >= 11 is 0. The van der Waals surface area contributed by atoms with Gasteiger partial charge in [-0.05, 0) is 35.4 Å². The van der Waals surface area contributed by atoms with Gasteiger partial charge >= 0.3 is 0 Å². The van der Waals surface area contributed by atoms with Gasteiger partial charge in [0, 0.05) is 5.39 Å². The van der Waals surface area contributed by atoms with Crippen molar-refractivity contribution in [3.05, 3.63) is 119 Å². The monoisotopic (exact) mass is 493 g/mol. The smallest absolute Gasteiger partial charge is 0.256 e. The number of pyridine rings is 1. The van der Waals surface area contributed by atoms with Crippen molar-refractivity contribution in [1.29, 1.82) is 0 Å². The second kappa shape index (κ2) is 10.5. The van der Waals surface area contributed by atoms with E-state index in [0.717, 1.165) is 21.9 Å². The van der Waals surface area contributed by atoms with E-state index in [1.54, 1.807) is 6.07 Å². The minimum atomic E-state index is -0.465. The Labute approximate surface area is 214 Å². The largest absolute Gasteiger partial charge is 0.483 e. The van der Waals surface area contributed by atoms with Crippen LogP contribution in [0.5, 0.6) is 11.5 Å². The summed E-state index contributed by atoms with van der Waals surface area (Å²) < 4.78 is 25.3. The minimum Gasteiger partial charge on any atom is -0.483 e. The highest BCUT2D eigenvalue weighted by molar-refractivity contribution is 6.11. The second-order valence-electron chi connectivity index (χ2n) is 9.13. The Kier molecular flexibility index (Phi) is 6.58. The lowest BCUT2D eigenvalue weighted by molar-refractivity contribution is -0.0541. The van der Waals surface area contributed by atoms with E-state index in [1.165, 1.54) is 0 Å². The Bertz CT molecular complexity index is 1570. The van der Waals surface area contributed by atoms with Crippen LogP contribution in [-0.2, 0) is 22.7 Å². The molecule has 2 atom stereocenters. The van der Waals surface area contributed by atoms with E-state index in [9.17, 15) is 4.79 Å². The fourth-order valence-corrected chi connectivity index (χ4v) is 4.75. The summed E-state index contributed by atoms with van der Waals surface area (Å²) in [7, 11) is 0. The lowest BCUT2D eigenvalue weighted by Crippen LogP contribution is -2.43. The minimum absolute atomic E-state index is 0.162. The number of H-pyrrole nitrogens is 1. The van der Waals surface area contributed by atoms with E-state index in [-0.39, 0.29) is 5.56 Å². The second-order valence-corrected chi connectivity index (χ2v) is 9.13. The number of rotatable bonds is 8. The number of ether oxygens (including phenoxy) is 4. The number of aromatic amines is 1. The summed E-state index contributed by atoms with van der Waals surface area (Å²) in [5.41, 5.74) is 2.70. The third-order valence-corrected chi connectivity index (χ3v) is 6.55. The summed E-state index contributed by atoms with van der Waals surface area (Å²) in [4.78, 5) is 15.8. The maximum Gasteiger partial charge on any atom is 0.256 e. The maximum absolute atomic E-state index is 12.8. The van der Waals surface area contributed by atoms with Gasteiger partial charge in [0.25, 0.3) is 5.56 Å². The van der Waals surface area contributed by atoms with Gasteiger partial charge in [0.2, 0.25) is 0 Å². The molecule has 0 saturated heterocycles. The summed E-state index contributed by atoms with van der Waals surface area (Å²) in [5, 5.41) is 2.13. The lowest BCUT2D eigenvalue weighted by Gasteiger charge is -2.31. The van der Waals surface area contributed by atoms with Gasteiger partial charge in [-0.2, -0.15) is 0 Å². The molecule has 0 spiro atoms. The first-order valence-electron chi connectivity index (χ1n) is 12.4. The van der Waals surface area contributed by atoms with E-state index >= 15 is 0 Å². The molecule has 2 heterocycles. The van der Waals surface area contributed by atoms with Gasteiger partial charge in [-0.15, -0.1) is 0 Å². The van der Waals surface area contributed by atoms with E-state index in [4.69, 9.17) is 18.9 Å². The van der Waals surface area contributed by atoms with Gasteiger partial charge in [0.05, 0.1) is 42.7 Å². The Morgan fingerprint density at radius 1 is 0.622 bits per heavy atom. The number of hydrogen-bond acceptors (Lipinski definition) is 5. The fraction of sp³-hybridized carbons (Fsp3) is 0.194. The quantitative estimate of drug-likeness (QED) is 0.284. The molecule has 1 aromatic heterocycles. The third kappa shape index (κ3) is 4.94. The average Bonchev–Trinajstić information content (AvgIpc) is 2.92. The van der Waals surface area contributed by atoms with Crippen LogP contribution in [0.4, 0.5) is 0 Å². The molecule has 1 N–H and O–H groups in total. The first-order valence-corrected chi connectivity index (χ1v) is 12.4. The van der Waals surface area contributed by atoms with Crippen LogP contribution in [0.1, 0.15) is 11.1 Å². The first kappa shape index (κ1) is 23.3. The van der Waals surface area contributed by atoms with E-state index in [2.05, 4.69) is 4.98 Å². The summed E-state index contributed by atoms with van der Waals surface area (Å²) in [6.45, 7) is 1.51. The molecule has 1 aliphatic rings. The zero-order valence-corrected chi connectivity index (χ0v) is 20.3. The van der Waals surface area contributed by atoms with Crippen molar-refractivity contribution in [3.8, 4) is 11.5 Å². The maximum atomic E-state index is 12.8. The Morgan fingerprint density at radius 3 is 1.76 bits per heavy atom. The molecule has 0 saturated carbocycles. The Hall–Kier alpha value is -4.13. The van der Waals surface area contributed by atoms with Gasteiger partial charge < -0.3 is 23.9 Å². The summed E-state index contributed by atoms with van der Waals surface area (Å²) in [5.74, 6) is 1.31. The zero-order chi connectivity index (χ0) is 25.0. The van der Waals surface area contributed by atoms with Gasteiger partial charge in [0.15, 0.2) is 12.2 Å². The Morgan fingerprint density at radius 2 is 1.16 bits per heavy atom. The van der Waals surface area contributed by atoms with Crippen LogP contribution >= 0.6 is 0 Å². The molecule has 0 aliphatic carbocycles. The van der Waals surface area contributed by atoms with Crippen LogP contribution in [0, 0.1) is 0 Å². The van der Waals surface area contributed by atoms with Gasteiger partial charge in [-0.3, -0.25) is 4.79 Å². The van der Waals surface area contributed by atoms with Crippen molar-refractivity contribution >= 4 is 21.7 Å². The molecule has 4 aromatic carbocycles.